The Morgan fingerprint density at radius 2 is 1.94 bits per heavy atom. The molecule has 1 N–H and O–H groups in total. The van der Waals surface area contributed by atoms with Crippen molar-refractivity contribution in [2.75, 3.05) is 13.1 Å². The van der Waals surface area contributed by atoms with Crippen molar-refractivity contribution in [2.45, 2.75) is 40.0 Å². The first kappa shape index (κ1) is 12.6. The molecule has 1 saturated carbocycles. The molecule has 0 radical (unpaired) electrons. The van der Waals surface area contributed by atoms with E-state index in [1.807, 2.05) is 0 Å². The lowest BCUT2D eigenvalue weighted by Crippen LogP contribution is -2.19. The van der Waals surface area contributed by atoms with E-state index in [1.54, 1.807) is 5.56 Å². The Morgan fingerprint density at radius 3 is 2.59 bits per heavy atom. The third-order valence-corrected chi connectivity index (χ3v) is 4.37. The van der Waals surface area contributed by atoms with Crippen molar-refractivity contribution < 1.29 is 0 Å². The van der Waals surface area contributed by atoms with E-state index in [2.05, 4.69) is 57.3 Å². The Morgan fingerprint density at radius 1 is 1.24 bits per heavy atom. The Kier molecular flexibility index (Phi) is 3.58. The van der Waals surface area contributed by atoms with Gasteiger partial charge >= 0.3 is 0 Å². The van der Waals surface area contributed by atoms with Gasteiger partial charge in [0.05, 0.1) is 0 Å². The SMILES string of the molecule is CCCNCC1C(c2ccccc2C)C1(C)C. The van der Waals surface area contributed by atoms with Crippen molar-refractivity contribution in [3.05, 3.63) is 35.4 Å². The van der Waals surface area contributed by atoms with Crippen LogP contribution in [0.5, 0.6) is 0 Å². The third kappa shape index (κ3) is 2.40. The highest BCUT2D eigenvalue weighted by Gasteiger charge is 2.57. The van der Waals surface area contributed by atoms with Crippen LogP contribution in [0.4, 0.5) is 0 Å². The molecule has 2 rings (SSSR count). The van der Waals surface area contributed by atoms with Crippen molar-refractivity contribution in [3.8, 4) is 0 Å². The highest BCUT2D eigenvalue weighted by atomic mass is 14.9. The molecule has 0 aromatic heterocycles. The highest BCUT2D eigenvalue weighted by Crippen LogP contribution is 2.64. The van der Waals surface area contributed by atoms with Crippen molar-refractivity contribution in [2.24, 2.45) is 11.3 Å². The second kappa shape index (κ2) is 4.81. The standard InChI is InChI=1S/C16H25N/c1-5-10-17-11-14-15(16(14,3)4)13-9-7-6-8-12(13)2/h6-9,14-15,17H,5,10-11H2,1-4H3. The lowest BCUT2D eigenvalue weighted by Gasteiger charge is -2.06. The summed E-state index contributed by atoms with van der Waals surface area (Å²) < 4.78 is 0. The van der Waals surface area contributed by atoms with E-state index >= 15 is 0 Å². The molecule has 1 aromatic rings. The number of aryl methyl sites for hydroxylation is 1. The molecule has 0 amide bonds. The average Bonchev–Trinajstić information content (AvgIpc) is 2.82. The average molecular weight is 231 g/mol. The van der Waals surface area contributed by atoms with Crippen LogP contribution in [0.1, 0.15) is 44.2 Å². The number of rotatable bonds is 5. The van der Waals surface area contributed by atoms with Gasteiger partial charge in [-0.25, -0.2) is 0 Å². The molecule has 94 valence electrons. The second-order valence-electron chi connectivity index (χ2n) is 5.97. The molecular weight excluding hydrogens is 206 g/mol. The second-order valence-corrected chi connectivity index (χ2v) is 5.97. The molecule has 1 fully saturated rings. The van der Waals surface area contributed by atoms with Crippen LogP contribution in [0, 0.1) is 18.3 Å². The summed E-state index contributed by atoms with van der Waals surface area (Å²) in [6, 6.07) is 8.85. The molecular formula is C16H25N. The predicted octanol–water partition coefficient (Wildman–Crippen LogP) is 3.73. The Labute approximate surface area is 106 Å². The summed E-state index contributed by atoms with van der Waals surface area (Å²) in [5.74, 6) is 1.54. The van der Waals surface area contributed by atoms with Gasteiger partial charge in [-0.2, -0.15) is 0 Å². The Hall–Kier alpha value is -0.820. The van der Waals surface area contributed by atoms with Crippen molar-refractivity contribution in [3.63, 3.8) is 0 Å². The highest BCUT2D eigenvalue weighted by molar-refractivity contribution is 5.37. The number of benzene rings is 1. The Bertz CT molecular complexity index is 381. The van der Waals surface area contributed by atoms with Crippen LogP contribution in [-0.4, -0.2) is 13.1 Å². The van der Waals surface area contributed by atoms with Gasteiger partial charge in [0.25, 0.3) is 0 Å². The van der Waals surface area contributed by atoms with E-state index in [0.717, 1.165) is 18.4 Å². The van der Waals surface area contributed by atoms with Crippen LogP contribution in [0.25, 0.3) is 0 Å². The zero-order chi connectivity index (χ0) is 12.5. The molecule has 1 aliphatic carbocycles. The summed E-state index contributed by atoms with van der Waals surface area (Å²) in [4.78, 5) is 0. The first-order chi connectivity index (χ1) is 8.09. The topological polar surface area (TPSA) is 12.0 Å². The summed E-state index contributed by atoms with van der Waals surface area (Å²) in [5, 5.41) is 3.57. The van der Waals surface area contributed by atoms with E-state index in [9.17, 15) is 0 Å². The molecule has 0 spiro atoms. The molecule has 1 aliphatic rings. The maximum Gasteiger partial charge on any atom is -0.000912 e. The molecule has 0 heterocycles. The monoisotopic (exact) mass is 231 g/mol. The zero-order valence-corrected chi connectivity index (χ0v) is 11.6. The van der Waals surface area contributed by atoms with Crippen LogP contribution >= 0.6 is 0 Å². The quantitative estimate of drug-likeness (QED) is 0.761. The molecule has 2 atom stereocenters. The number of hydrogen-bond donors (Lipinski definition) is 1. The normalized spacial score (nSPS) is 25.9. The fourth-order valence-corrected chi connectivity index (χ4v) is 3.11. The summed E-state index contributed by atoms with van der Waals surface area (Å²) >= 11 is 0. The third-order valence-electron chi connectivity index (χ3n) is 4.37. The molecule has 2 unspecified atom stereocenters. The Balaban J connectivity index is 2.05. The van der Waals surface area contributed by atoms with Gasteiger partial charge in [-0.1, -0.05) is 45.0 Å². The van der Waals surface area contributed by atoms with E-state index in [-0.39, 0.29) is 0 Å². The summed E-state index contributed by atoms with van der Waals surface area (Å²) in [6.45, 7) is 11.6. The zero-order valence-electron chi connectivity index (χ0n) is 11.6. The van der Waals surface area contributed by atoms with E-state index in [0.29, 0.717) is 5.41 Å². The van der Waals surface area contributed by atoms with Gasteiger partial charge in [0.2, 0.25) is 0 Å². The predicted molar refractivity (Wildman–Crippen MR) is 74.4 cm³/mol. The van der Waals surface area contributed by atoms with Crippen molar-refractivity contribution >= 4 is 0 Å². The lowest BCUT2D eigenvalue weighted by atomic mass is 9.99. The van der Waals surface area contributed by atoms with Gasteiger partial charge in [-0.05, 0) is 54.8 Å². The van der Waals surface area contributed by atoms with Crippen LogP contribution in [0.15, 0.2) is 24.3 Å². The minimum Gasteiger partial charge on any atom is -0.316 e. The van der Waals surface area contributed by atoms with E-state index < -0.39 is 0 Å². The van der Waals surface area contributed by atoms with Crippen LogP contribution in [0.2, 0.25) is 0 Å². The maximum absolute atomic E-state index is 3.57. The summed E-state index contributed by atoms with van der Waals surface area (Å²) in [7, 11) is 0. The smallest absolute Gasteiger partial charge is 0.000912 e. The largest absolute Gasteiger partial charge is 0.316 e. The minimum absolute atomic E-state index is 0.465. The molecule has 1 heteroatoms. The first-order valence-electron chi connectivity index (χ1n) is 6.85. The van der Waals surface area contributed by atoms with Gasteiger partial charge in [0.1, 0.15) is 0 Å². The van der Waals surface area contributed by atoms with Crippen molar-refractivity contribution in [1.29, 1.82) is 0 Å². The fraction of sp³-hybridized carbons (Fsp3) is 0.625. The van der Waals surface area contributed by atoms with Crippen LogP contribution in [0.3, 0.4) is 0 Å². The molecule has 1 aromatic carbocycles. The molecule has 1 nitrogen and oxygen atoms in total. The summed E-state index contributed by atoms with van der Waals surface area (Å²) in [6.07, 6.45) is 1.22. The van der Waals surface area contributed by atoms with Crippen LogP contribution < -0.4 is 5.32 Å². The minimum atomic E-state index is 0.465. The van der Waals surface area contributed by atoms with E-state index in [4.69, 9.17) is 0 Å². The lowest BCUT2D eigenvalue weighted by molar-refractivity contribution is 0.518. The number of hydrogen-bond acceptors (Lipinski definition) is 1. The van der Waals surface area contributed by atoms with Gasteiger partial charge < -0.3 is 5.32 Å². The maximum atomic E-state index is 3.57. The molecule has 17 heavy (non-hydrogen) atoms. The van der Waals surface area contributed by atoms with Gasteiger partial charge in [0.15, 0.2) is 0 Å². The molecule has 0 aliphatic heterocycles. The van der Waals surface area contributed by atoms with Gasteiger partial charge in [-0.15, -0.1) is 0 Å². The van der Waals surface area contributed by atoms with Gasteiger partial charge in [-0.3, -0.25) is 0 Å². The molecule has 0 saturated heterocycles. The van der Waals surface area contributed by atoms with Crippen molar-refractivity contribution in [1.82, 2.24) is 5.32 Å². The van der Waals surface area contributed by atoms with Crippen LogP contribution in [-0.2, 0) is 0 Å². The first-order valence-corrected chi connectivity index (χ1v) is 6.85. The fourth-order valence-electron chi connectivity index (χ4n) is 3.11. The van der Waals surface area contributed by atoms with Gasteiger partial charge in [0, 0.05) is 0 Å². The number of nitrogens with one attached hydrogen (secondary N) is 1. The molecule has 0 bridgehead atoms. The summed E-state index contributed by atoms with van der Waals surface area (Å²) in [5.41, 5.74) is 3.47. The van der Waals surface area contributed by atoms with E-state index in [1.165, 1.54) is 18.5 Å².